The average molecular weight is 377 g/mol. The summed E-state index contributed by atoms with van der Waals surface area (Å²) in [6, 6.07) is 8.88. The number of H-pyrrole nitrogens is 1. The number of fused-ring (bicyclic) bond motifs is 1. The molecular formula is C22H27N5O. The number of carbonyl (C=O) groups excluding carboxylic acids is 1. The van der Waals surface area contributed by atoms with Crippen LogP contribution in [-0.2, 0) is 17.9 Å². The molecule has 1 aliphatic rings. The van der Waals surface area contributed by atoms with Crippen molar-refractivity contribution in [2.75, 3.05) is 13.1 Å². The molecule has 0 radical (unpaired) electrons. The zero-order valence-electron chi connectivity index (χ0n) is 16.3. The SMILES string of the molecule is CC(=O)N(Cc1cncnc1)C1CCCN(Cc2cccc3[nH]ccc23)CC1. The van der Waals surface area contributed by atoms with Gasteiger partial charge in [0.2, 0.25) is 5.91 Å². The highest BCUT2D eigenvalue weighted by atomic mass is 16.2. The van der Waals surface area contributed by atoms with Crippen molar-refractivity contribution in [3.05, 3.63) is 60.3 Å². The van der Waals surface area contributed by atoms with Gasteiger partial charge in [-0.1, -0.05) is 12.1 Å². The number of nitrogens with zero attached hydrogens (tertiary/aromatic N) is 4. The van der Waals surface area contributed by atoms with Crippen LogP contribution in [0.25, 0.3) is 10.9 Å². The van der Waals surface area contributed by atoms with Gasteiger partial charge in [0.15, 0.2) is 0 Å². The molecule has 0 aliphatic carbocycles. The molecule has 1 amide bonds. The summed E-state index contributed by atoms with van der Waals surface area (Å²) >= 11 is 0. The molecule has 1 unspecified atom stereocenters. The summed E-state index contributed by atoms with van der Waals surface area (Å²) in [5, 5.41) is 1.30. The molecule has 146 valence electrons. The number of hydrogen-bond acceptors (Lipinski definition) is 4. The molecule has 1 N–H and O–H groups in total. The molecule has 3 aromatic rings. The summed E-state index contributed by atoms with van der Waals surface area (Å²) in [7, 11) is 0. The van der Waals surface area contributed by atoms with Crippen LogP contribution in [0.2, 0.25) is 0 Å². The zero-order valence-corrected chi connectivity index (χ0v) is 16.3. The fourth-order valence-corrected chi connectivity index (χ4v) is 4.24. The normalized spacial score (nSPS) is 18.1. The van der Waals surface area contributed by atoms with Gasteiger partial charge in [-0.15, -0.1) is 0 Å². The molecule has 0 spiro atoms. The number of aromatic nitrogens is 3. The van der Waals surface area contributed by atoms with Crippen molar-refractivity contribution in [1.29, 1.82) is 0 Å². The molecule has 1 fully saturated rings. The Morgan fingerprint density at radius 2 is 2.07 bits per heavy atom. The Bertz CT molecular complexity index is 923. The summed E-state index contributed by atoms with van der Waals surface area (Å²) in [4.78, 5) is 28.3. The van der Waals surface area contributed by atoms with E-state index in [2.05, 4.69) is 44.1 Å². The predicted octanol–water partition coefficient (Wildman–Crippen LogP) is 3.36. The van der Waals surface area contributed by atoms with E-state index in [1.54, 1.807) is 19.3 Å². The topological polar surface area (TPSA) is 65.1 Å². The van der Waals surface area contributed by atoms with Gasteiger partial charge < -0.3 is 9.88 Å². The summed E-state index contributed by atoms with van der Waals surface area (Å²) in [6.07, 6.45) is 10.3. The van der Waals surface area contributed by atoms with Crippen LogP contribution in [0.3, 0.4) is 0 Å². The lowest BCUT2D eigenvalue weighted by Crippen LogP contribution is -2.39. The van der Waals surface area contributed by atoms with Crippen molar-refractivity contribution in [2.45, 2.75) is 45.3 Å². The van der Waals surface area contributed by atoms with Crippen LogP contribution in [-0.4, -0.2) is 49.8 Å². The Morgan fingerprint density at radius 1 is 1.21 bits per heavy atom. The van der Waals surface area contributed by atoms with E-state index in [9.17, 15) is 4.79 Å². The minimum absolute atomic E-state index is 0.124. The van der Waals surface area contributed by atoms with Crippen molar-refractivity contribution in [3.8, 4) is 0 Å². The molecule has 6 nitrogen and oxygen atoms in total. The van der Waals surface area contributed by atoms with E-state index in [4.69, 9.17) is 0 Å². The van der Waals surface area contributed by atoms with Crippen LogP contribution in [0.15, 0.2) is 49.2 Å². The van der Waals surface area contributed by atoms with E-state index in [0.717, 1.165) is 44.5 Å². The number of amides is 1. The van der Waals surface area contributed by atoms with Crippen LogP contribution in [0.4, 0.5) is 0 Å². The van der Waals surface area contributed by atoms with Crippen molar-refractivity contribution in [1.82, 2.24) is 24.8 Å². The van der Waals surface area contributed by atoms with Gasteiger partial charge in [-0.3, -0.25) is 9.69 Å². The zero-order chi connectivity index (χ0) is 19.3. The number of rotatable bonds is 5. The average Bonchev–Trinajstić information content (AvgIpc) is 3.08. The molecular weight excluding hydrogens is 350 g/mol. The van der Waals surface area contributed by atoms with Crippen LogP contribution in [0.5, 0.6) is 0 Å². The van der Waals surface area contributed by atoms with Crippen molar-refractivity contribution in [2.24, 2.45) is 0 Å². The minimum atomic E-state index is 0.124. The highest BCUT2D eigenvalue weighted by molar-refractivity contribution is 5.82. The Kier molecular flexibility index (Phi) is 5.67. The third kappa shape index (κ3) is 4.22. The summed E-state index contributed by atoms with van der Waals surface area (Å²) in [5.74, 6) is 0.124. The van der Waals surface area contributed by atoms with Gasteiger partial charge in [-0.25, -0.2) is 9.97 Å². The molecule has 28 heavy (non-hydrogen) atoms. The second-order valence-corrected chi connectivity index (χ2v) is 7.61. The first-order valence-corrected chi connectivity index (χ1v) is 9.99. The van der Waals surface area contributed by atoms with E-state index >= 15 is 0 Å². The molecule has 1 saturated heterocycles. The quantitative estimate of drug-likeness (QED) is 0.740. The number of hydrogen-bond donors (Lipinski definition) is 1. The molecule has 6 heteroatoms. The van der Waals surface area contributed by atoms with Crippen LogP contribution in [0.1, 0.15) is 37.3 Å². The lowest BCUT2D eigenvalue weighted by Gasteiger charge is -2.30. The van der Waals surface area contributed by atoms with Crippen molar-refractivity contribution >= 4 is 16.8 Å². The van der Waals surface area contributed by atoms with E-state index < -0.39 is 0 Å². The molecule has 4 rings (SSSR count). The maximum Gasteiger partial charge on any atom is 0.219 e. The first kappa shape index (κ1) is 18.6. The Hall–Kier alpha value is -2.73. The number of aromatic amines is 1. The van der Waals surface area contributed by atoms with Gasteiger partial charge in [0.25, 0.3) is 0 Å². The molecule has 1 aromatic carbocycles. The van der Waals surface area contributed by atoms with Crippen LogP contribution < -0.4 is 0 Å². The summed E-state index contributed by atoms with van der Waals surface area (Å²) in [6.45, 7) is 5.27. The van der Waals surface area contributed by atoms with E-state index in [1.165, 1.54) is 22.8 Å². The molecule has 3 heterocycles. The largest absolute Gasteiger partial charge is 0.361 e. The number of nitrogens with one attached hydrogen (secondary N) is 1. The molecule has 2 aromatic heterocycles. The summed E-state index contributed by atoms with van der Waals surface area (Å²) in [5.41, 5.74) is 3.54. The minimum Gasteiger partial charge on any atom is -0.361 e. The third-order valence-corrected chi connectivity index (χ3v) is 5.68. The Morgan fingerprint density at radius 3 is 2.89 bits per heavy atom. The Balaban J connectivity index is 1.42. The first-order valence-electron chi connectivity index (χ1n) is 9.99. The summed E-state index contributed by atoms with van der Waals surface area (Å²) < 4.78 is 0. The highest BCUT2D eigenvalue weighted by Crippen LogP contribution is 2.23. The van der Waals surface area contributed by atoms with Gasteiger partial charge in [-0.05, 0) is 43.5 Å². The van der Waals surface area contributed by atoms with Crippen molar-refractivity contribution in [3.63, 3.8) is 0 Å². The highest BCUT2D eigenvalue weighted by Gasteiger charge is 2.25. The fourth-order valence-electron chi connectivity index (χ4n) is 4.24. The monoisotopic (exact) mass is 377 g/mol. The van der Waals surface area contributed by atoms with E-state index in [-0.39, 0.29) is 11.9 Å². The maximum atomic E-state index is 12.3. The number of likely N-dealkylation sites (tertiary alicyclic amines) is 1. The van der Waals surface area contributed by atoms with E-state index in [1.807, 2.05) is 11.1 Å². The lowest BCUT2D eigenvalue weighted by atomic mass is 10.1. The maximum absolute atomic E-state index is 12.3. The molecule has 1 atom stereocenters. The first-order chi connectivity index (χ1) is 13.7. The van der Waals surface area contributed by atoms with Crippen LogP contribution in [0, 0.1) is 0 Å². The van der Waals surface area contributed by atoms with Gasteiger partial charge >= 0.3 is 0 Å². The van der Waals surface area contributed by atoms with Gasteiger partial charge in [0, 0.05) is 67.7 Å². The van der Waals surface area contributed by atoms with Gasteiger partial charge in [0.05, 0.1) is 0 Å². The molecule has 0 bridgehead atoms. The lowest BCUT2D eigenvalue weighted by molar-refractivity contribution is -0.132. The van der Waals surface area contributed by atoms with Gasteiger partial charge in [-0.2, -0.15) is 0 Å². The predicted molar refractivity (Wildman–Crippen MR) is 109 cm³/mol. The van der Waals surface area contributed by atoms with Crippen molar-refractivity contribution < 1.29 is 4.79 Å². The number of benzene rings is 1. The Labute approximate surface area is 165 Å². The second-order valence-electron chi connectivity index (χ2n) is 7.61. The van der Waals surface area contributed by atoms with Gasteiger partial charge in [0.1, 0.15) is 6.33 Å². The molecule has 1 aliphatic heterocycles. The third-order valence-electron chi connectivity index (χ3n) is 5.68. The number of carbonyl (C=O) groups is 1. The second kappa shape index (κ2) is 8.52. The smallest absolute Gasteiger partial charge is 0.219 e. The van der Waals surface area contributed by atoms with Crippen LogP contribution >= 0.6 is 0 Å². The molecule has 0 saturated carbocycles. The van der Waals surface area contributed by atoms with E-state index in [0.29, 0.717) is 6.54 Å². The fraction of sp³-hybridized carbons (Fsp3) is 0.409. The standard InChI is InChI=1S/C22H27N5O/c1-17(28)27(14-18-12-23-16-24-13-18)20-5-3-10-26(11-8-20)15-19-4-2-6-22-21(19)7-9-25-22/h2,4,6-7,9,12-13,16,20,25H,3,5,8,10-11,14-15H2,1H3.